The van der Waals surface area contributed by atoms with Crippen molar-refractivity contribution in [1.82, 2.24) is 0 Å². The number of hydrogen-bond acceptors (Lipinski definition) is 2. The molecule has 3 nitrogen and oxygen atoms in total. The molecule has 0 unspecified atom stereocenters. The van der Waals surface area contributed by atoms with E-state index in [4.69, 9.17) is 5.26 Å². The standard InChI is InChI=1S/C12H11FN2O/c1-8-9(13)3-2-4-10(8)15-11(16)12(7-14)5-6-12/h2-4H,5-6H2,1H3,(H,15,16). The molecule has 1 aromatic rings. The Hall–Kier alpha value is -1.89. The first-order valence-corrected chi connectivity index (χ1v) is 5.07. The fourth-order valence-electron chi connectivity index (χ4n) is 1.50. The normalized spacial score (nSPS) is 16.3. The second-order valence-corrected chi connectivity index (χ2v) is 4.06. The number of halogens is 1. The number of carbonyl (C=O) groups is 1. The molecule has 0 radical (unpaired) electrons. The van der Waals surface area contributed by atoms with E-state index in [9.17, 15) is 9.18 Å². The first-order valence-electron chi connectivity index (χ1n) is 5.07. The van der Waals surface area contributed by atoms with Crippen molar-refractivity contribution >= 4 is 11.6 Å². The number of nitrogens with one attached hydrogen (secondary N) is 1. The second-order valence-electron chi connectivity index (χ2n) is 4.06. The molecule has 1 N–H and O–H groups in total. The van der Waals surface area contributed by atoms with Gasteiger partial charge in [-0.2, -0.15) is 5.26 Å². The van der Waals surface area contributed by atoms with Crippen molar-refractivity contribution in [2.24, 2.45) is 5.41 Å². The van der Waals surface area contributed by atoms with Crippen LogP contribution in [0.25, 0.3) is 0 Å². The minimum atomic E-state index is -0.876. The molecule has 1 fully saturated rings. The second kappa shape index (κ2) is 3.60. The highest BCUT2D eigenvalue weighted by Crippen LogP contribution is 2.45. The molecule has 0 aliphatic heterocycles. The molecule has 0 saturated heterocycles. The number of nitriles is 1. The SMILES string of the molecule is Cc1c(F)cccc1NC(=O)C1(C#N)CC1. The van der Waals surface area contributed by atoms with E-state index in [-0.39, 0.29) is 11.7 Å². The van der Waals surface area contributed by atoms with Crippen LogP contribution in [0.5, 0.6) is 0 Å². The fourth-order valence-corrected chi connectivity index (χ4v) is 1.50. The van der Waals surface area contributed by atoms with Crippen LogP contribution >= 0.6 is 0 Å². The van der Waals surface area contributed by atoms with Gasteiger partial charge in [-0.25, -0.2) is 4.39 Å². The lowest BCUT2D eigenvalue weighted by Gasteiger charge is -2.10. The summed E-state index contributed by atoms with van der Waals surface area (Å²) in [5.41, 5.74) is -0.0465. The van der Waals surface area contributed by atoms with E-state index in [0.29, 0.717) is 24.1 Å². The van der Waals surface area contributed by atoms with Gasteiger partial charge < -0.3 is 5.32 Å². The van der Waals surface area contributed by atoms with Crippen LogP contribution < -0.4 is 5.32 Å². The zero-order valence-electron chi connectivity index (χ0n) is 8.88. The van der Waals surface area contributed by atoms with Crippen LogP contribution in [-0.4, -0.2) is 5.91 Å². The Labute approximate surface area is 92.9 Å². The zero-order chi connectivity index (χ0) is 11.8. The molecule has 1 aliphatic rings. The van der Waals surface area contributed by atoms with Crippen LogP contribution in [0.1, 0.15) is 18.4 Å². The van der Waals surface area contributed by atoms with Gasteiger partial charge in [-0.05, 0) is 31.9 Å². The largest absolute Gasteiger partial charge is 0.324 e. The number of hydrogen-bond donors (Lipinski definition) is 1. The molecule has 0 bridgehead atoms. The van der Waals surface area contributed by atoms with Crippen LogP contribution in [0.4, 0.5) is 10.1 Å². The average Bonchev–Trinajstić information content (AvgIpc) is 3.05. The fraction of sp³-hybridized carbons (Fsp3) is 0.333. The van der Waals surface area contributed by atoms with Gasteiger partial charge in [-0.1, -0.05) is 6.07 Å². The number of anilines is 1. The van der Waals surface area contributed by atoms with Gasteiger partial charge in [0.2, 0.25) is 5.91 Å². The number of amides is 1. The Bertz CT molecular complexity index is 486. The quantitative estimate of drug-likeness (QED) is 0.828. The molecule has 2 rings (SSSR count). The maximum Gasteiger partial charge on any atom is 0.244 e. The lowest BCUT2D eigenvalue weighted by Crippen LogP contribution is -2.23. The van der Waals surface area contributed by atoms with Crippen molar-refractivity contribution < 1.29 is 9.18 Å². The summed E-state index contributed by atoms with van der Waals surface area (Å²) in [6, 6.07) is 6.50. The molecular weight excluding hydrogens is 207 g/mol. The predicted octanol–water partition coefficient (Wildman–Crippen LogP) is 2.38. The lowest BCUT2D eigenvalue weighted by atomic mass is 10.1. The molecule has 0 spiro atoms. The molecule has 16 heavy (non-hydrogen) atoms. The summed E-state index contributed by atoms with van der Waals surface area (Å²) in [6.45, 7) is 1.59. The van der Waals surface area contributed by atoms with Crippen LogP contribution in [-0.2, 0) is 4.79 Å². The van der Waals surface area contributed by atoms with Gasteiger partial charge >= 0.3 is 0 Å². The molecule has 82 valence electrons. The average molecular weight is 218 g/mol. The maximum atomic E-state index is 13.2. The topological polar surface area (TPSA) is 52.9 Å². The molecule has 1 aromatic carbocycles. The summed E-state index contributed by atoms with van der Waals surface area (Å²) in [7, 11) is 0. The van der Waals surface area contributed by atoms with Crippen molar-refractivity contribution in [3.05, 3.63) is 29.6 Å². The maximum absolute atomic E-state index is 13.2. The van der Waals surface area contributed by atoms with Crippen molar-refractivity contribution in [2.45, 2.75) is 19.8 Å². The Morgan fingerprint density at radius 2 is 2.25 bits per heavy atom. The highest BCUT2D eigenvalue weighted by molar-refractivity contribution is 5.99. The van der Waals surface area contributed by atoms with Crippen LogP contribution in [0.3, 0.4) is 0 Å². The summed E-state index contributed by atoms with van der Waals surface area (Å²) in [4.78, 5) is 11.7. The van der Waals surface area contributed by atoms with Crippen molar-refractivity contribution in [1.29, 1.82) is 5.26 Å². The van der Waals surface area contributed by atoms with Crippen molar-refractivity contribution in [3.8, 4) is 6.07 Å². The molecular formula is C12H11FN2O. The highest BCUT2D eigenvalue weighted by Gasteiger charge is 2.50. The Balaban J connectivity index is 2.20. The minimum Gasteiger partial charge on any atom is -0.324 e. The third kappa shape index (κ3) is 1.65. The van der Waals surface area contributed by atoms with E-state index in [1.807, 2.05) is 6.07 Å². The smallest absolute Gasteiger partial charge is 0.244 e. The molecule has 0 atom stereocenters. The van der Waals surface area contributed by atoms with Crippen molar-refractivity contribution in [3.63, 3.8) is 0 Å². The van der Waals surface area contributed by atoms with Gasteiger partial charge in [-0.15, -0.1) is 0 Å². The first kappa shape index (κ1) is 10.6. The molecule has 1 saturated carbocycles. The lowest BCUT2D eigenvalue weighted by molar-refractivity contribution is -0.119. The predicted molar refractivity (Wildman–Crippen MR) is 57.0 cm³/mol. The number of rotatable bonds is 2. The Morgan fingerprint density at radius 3 is 2.81 bits per heavy atom. The van der Waals surface area contributed by atoms with Gasteiger partial charge in [0.1, 0.15) is 11.2 Å². The molecule has 1 aliphatic carbocycles. The van der Waals surface area contributed by atoms with Crippen molar-refractivity contribution in [2.75, 3.05) is 5.32 Å². The Morgan fingerprint density at radius 1 is 1.56 bits per heavy atom. The number of nitrogens with zero attached hydrogens (tertiary/aromatic N) is 1. The summed E-state index contributed by atoms with van der Waals surface area (Å²) >= 11 is 0. The van der Waals surface area contributed by atoms with E-state index < -0.39 is 5.41 Å². The van der Waals surface area contributed by atoms with Crippen LogP contribution in [0, 0.1) is 29.5 Å². The third-order valence-electron chi connectivity index (χ3n) is 2.91. The number of carbonyl (C=O) groups excluding carboxylic acids is 1. The van der Waals surface area contributed by atoms with E-state index in [2.05, 4.69) is 5.32 Å². The van der Waals surface area contributed by atoms with Crippen LogP contribution in [0.15, 0.2) is 18.2 Å². The summed E-state index contributed by atoms with van der Waals surface area (Å²) in [6.07, 6.45) is 1.17. The van der Waals surface area contributed by atoms with Gasteiger partial charge in [0.05, 0.1) is 6.07 Å². The van der Waals surface area contributed by atoms with Gasteiger partial charge in [-0.3, -0.25) is 4.79 Å². The first-order chi connectivity index (χ1) is 7.59. The molecule has 4 heteroatoms. The zero-order valence-corrected chi connectivity index (χ0v) is 8.88. The molecule has 0 aromatic heterocycles. The summed E-state index contributed by atoms with van der Waals surface area (Å²) in [5.74, 6) is -0.691. The number of benzene rings is 1. The summed E-state index contributed by atoms with van der Waals surface area (Å²) < 4.78 is 13.2. The summed E-state index contributed by atoms with van der Waals surface area (Å²) in [5, 5.41) is 11.4. The monoisotopic (exact) mass is 218 g/mol. The van der Waals surface area contributed by atoms with E-state index in [0.717, 1.165) is 0 Å². The van der Waals surface area contributed by atoms with E-state index >= 15 is 0 Å². The minimum absolute atomic E-state index is 0.330. The van der Waals surface area contributed by atoms with Gasteiger partial charge in [0, 0.05) is 11.3 Å². The van der Waals surface area contributed by atoms with E-state index in [1.165, 1.54) is 12.1 Å². The Kier molecular flexibility index (Phi) is 2.39. The molecule has 0 heterocycles. The van der Waals surface area contributed by atoms with Gasteiger partial charge in [0.25, 0.3) is 0 Å². The molecule has 1 amide bonds. The van der Waals surface area contributed by atoms with E-state index in [1.54, 1.807) is 13.0 Å². The third-order valence-corrected chi connectivity index (χ3v) is 2.91. The van der Waals surface area contributed by atoms with Crippen LogP contribution in [0.2, 0.25) is 0 Å². The highest BCUT2D eigenvalue weighted by atomic mass is 19.1. The van der Waals surface area contributed by atoms with Gasteiger partial charge in [0.15, 0.2) is 0 Å².